The molecule has 0 aliphatic heterocycles. The summed E-state index contributed by atoms with van der Waals surface area (Å²) in [5.41, 5.74) is 0. The van der Waals surface area contributed by atoms with Crippen LogP contribution in [0.2, 0.25) is 0 Å². The van der Waals surface area contributed by atoms with Crippen LogP contribution >= 0.6 is 9.13 Å². The molecule has 0 saturated carbocycles. The summed E-state index contributed by atoms with van der Waals surface area (Å²) in [7, 11) is -1.22. The van der Waals surface area contributed by atoms with Gasteiger partial charge < -0.3 is 0 Å². The summed E-state index contributed by atoms with van der Waals surface area (Å²) in [6.07, 6.45) is 2.14. The van der Waals surface area contributed by atoms with E-state index in [1.165, 1.54) is 0 Å². The highest BCUT2D eigenvalue weighted by atomic mass is 31.0. The monoisotopic (exact) mass is 76.0 g/mol. The molecule has 0 aromatic heterocycles. The van der Waals surface area contributed by atoms with Gasteiger partial charge in [-0.25, -0.2) is 0 Å². The molecule has 0 amide bonds. The standard InChI is InChI=1S/C3H7P/c1-2-3-4/h2H,1,3-4H2/i4D2. The largest absolute Gasteiger partial charge is 0.134 e. The lowest BCUT2D eigenvalue weighted by molar-refractivity contribution is 1.83. The summed E-state index contributed by atoms with van der Waals surface area (Å²) >= 11 is 0. The van der Waals surface area contributed by atoms with Crippen LogP contribution in [0, 0.1) is 0 Å². The normalized spacial score (nSPS) is 14.2. The van der Waals surface area contributed by atoms with Crippen LogP contribution in [0.1, 0.15) is 0 Å². The topological polar surface area (TPSA) is 0 Å². The first-order valence-electron chi connectivity index (χ1n) is 2.03. The fraction of sp³-hybridized carbons (Fsp3) is 0.333. The van der Waals surface area contributed by atoms with E-state index in [0.717, 1.165) is 0 Å². The molecule has 24 valence electrons. The van der Waals surface area contributed by atoms with Crippen molar-refractivity contribution in [3.8, 4) is 0 Å². The van der Waals surface area contributed by atoms with Gasteiger partial charge in [0.25, 0.3) is 0 Å². The summed E-state index contributed by atoms with van der Waals surface area (Å²) < 4.78 is 13.3. The van der Waals surface area contributed by atoms with Crippen LogP contribution in [0.4, 0.5) is 0 Å². The zero-order valence-corrected chi connectivity index (χ0v) is 3.33. The van der Waals surface area contributed by atoms with E-state index in [0.29, 0.717) is 6.16 Å². The van der Waals surface area contributed by atoms with Crippen molar-refractivity contribution in [1.29, 1.82) is 2.56 Å². The summed E-state index contributed by atoms with van der Waals surface area (Å²) in [5, 5.41) is 0. The minimum absolute atomic E-state index is 0.537. The van der Waals surface area contributed by atoms with Crippen molar-refractivity contribution in [2.45, 2.75) is 0 Å². The molecular weight excluding hydrogens is 67.0 g/mol. The van der Waals surface area contributed by atoms with E-state index < -0.39 is 9.13 Å². The second kappa shape index (κ2) is 3.17. The molecule has 0 fully saturated rings. The van der Waals surface area contributed by atoms with Gasteiger partial charge in [-0.05, 0) is 6.16 Å². The Bertz CT molecular complexity index is 44.1. The molecule has 0 unspecified atom stereocenters. The van der Waals surface area contributed by atoms with Crippen molar-refractivity contribution >= 4 is 9.13 Å². The Kier molecular flexibility index (Phi) is 1.24. The predicted octanol–water partition coefficient (Wildman–Crippen LogP) is 1.05. The highest BCUT2D eigenvalue weighted by Gasteiger charge is 1.44. The second-order valence-electron chi connectivity index (χ2n) is 0.471. The molecule has 0 spiro atoms. The Labute approximate surface area is 31.7 Å². The highest BCUT2D eigenvalue weighted by molar-refractivity contribution is 7.16. The molecule has 0 aliphatic carbocycles. The van der Waals surface area contributed by atoms with E-state index in [2.05, 4.69) is 6.58 Å². The quantitative estimate of drug-likeness (QED) is 0.340. The molecule has 0 aliphatic rings. The van der Waals surface area contributed by atoms with Gasteiger partial charge in [0.2, 0.25) is 0 Å². The lowest BCUT2D eigenvalue weighted by Crippen LogP contribution is -1.43. The van der Waals surface area contributed by atoms with Crippen molar-refractivity contribution < 1.29 is 0 Å². The van der Waals surface area contributed by atoms with E-state index in [1.807, 2.05) is 0 Å². The first kappa shape index (κ1) is 1.57. The molecule has 0 heterocycles. The summed E-state index contributed by atoms with van der Waals surface area (Å²) in [5.74, 6) is 0. The number of hydrogen-bond donors (Lipinski definition) is 0. The zero-order chi connectivity index (χ0) is 4.99. The van der Waals surface area contributed by atoms with E-state index in [-0.39, 0.29) is 0 Å². The minimum atomic E-state index is -1.22. The number of allylic oxidation sites excluding steroid dienone is 1. The molecular formula is C3H7P. The molecule has 1 heteroatoms. The molecule has 0 N–H and O–H groups in total. The fourth-order valence-corrected chi connectivity index (χ4v) is 0. The van der Waals surface area contributed by atoms with Gasteiger partial charge in [-0.3, -0.25) is 0 Å². The third-order valence-corrected chi connectivity index (χ3v) is 0.387. The zero-order valence-electron chi connectivity index (χ0n) is 4.44. The molecule has 0 atom stereocenters. The molecule has 0 saturated heterocycles. The van der Waals surface area contributed by atoms with Crippen LogP contribution in [-0.2, 0) is 0 Å². The van der Waals surface area contributed by atoms with Crippen molar-refractivity contribution in [2.75, 3.05) is 6.16 Å². The Hall–Kier alpha value is 0.170. The Balaban J connectivity index is 2.81. The van der Waals surface area contributed by atoms with Gasteiger partial charge in [-0.1, -0.05) is 6.08 Å². The molecule has 0 aromatic carbocycles. The van der Waals surface area contributed by atoms with E-state index in [9.17, 15) is 0 Å². The van der Waals surface area contributed by atoms with E-state index >= 15 is 0 Å². The van der Waals surface area contributed by atoms with Gasteiger partial charge in [0.15, 0.2) is 0 Å². The average Bonchev–Trinajstić information content (AvgIpc) is 1.35. The Morgan fingerprint density at radius 1 is 2.50 bits per heavy atom. The van der Waals surface area contributed by atoms with Gasteiger partial charge >= 0.3 is 0 Å². The Morgan fingerprint density at radius 3 is 3.25 bits per heavy atom. The van der Waals surface area contributed by atoms with Crippen LogP contribution in [0.15, 0.2) is 12.7 Å². The maximum Gasteiger partial charge on any atom is 0.0549 e. The Morgan fingerprint density at radius 2 is 3.25 bits per heavy atom. The molecule has 0 aromatic rings. The SMILES string of the molecule is [2H]P([2H])CC=C. The van der Waals surface area contributed by atoms with E-state index in [4.69, 9.17) is 2.56 Å². The highest BCUT2D eigenvalue weighted by Crippen LogP contribution is 1.74. The van der Waals surface area contributed by atoms with Crippen molar-refractivity contribution in [3.05, 3.63) is 12.7 Å². The molecule has 0 rings (SSSR count). The van der Waals surface area contributed by atoms with Gasteiger partial charge in [-0.2, -0.15) is 0 Å². The van der Waals surface area contributed by atoms with Crippen LogP contribution in [0.25, 0.3) is 0 Å². The maximum atomic E-state index is 6.64. The fourth-order valence-electron chi connectivity index (χ4n) is 0. The molecule has 0 nitrogen and oxygen atoms in total. The van der Waals surface area contributed by atoms with Crippen molar-refractivity contribution in [3.63, 3.8) is 0 Å². The summed E-state index contributed by atoms with van der Waals surface area (Å²) in [6.45, 7) is 3.38. The number of hydrogen-bond acceptors (Lipinski definition) is 0. The molecule has 4 heavy (non-hydrogen) atoms. The van der Waals surface area contributed by atoms with Crippen LogP contribution < -0.4 is 0 Å². The third kappa shape index (κ3) is 2.17. The average molecular weight is 76.1 g/mol. The lowest BCUT2D eigenvalue weighted by atomic mass is 10.8. The van der Waals surface area contributed by atoms with Gasteiger partial charge in [0.1, 0.15) is 0 Å². The van der Waals surface area contributed by atoms with Crippen LogP contribution in [0.3, 0.4) is 0 Å². The molecule has 0 radical (unpaired) electrons. The van der Waals surface area contributed by atoms with Gasteiger partial charge in [0.05, 0.1) is 2.56 Å². The van der Waals surface area contributed by atoms with Crippen molar-refractivity contribution in [2.24, 2.45) is 0 Å². The summed E-state index contributed by atoms with van der Waals surface area (Å²) in [4.78, 5) is 0. The van der Waals surface area contributed by atoms with Crippen LogP contribution in [0.5, 0.6) is 0 Å². The van der Waals surface area contributed by atoms with Crippen LogP contribution in [-0.4, -0.2) is 8.72 Å². The second-order valence-corrected chi connectivity index (χ2v) is 0.836. The summed E-state index contributed by atoms with van der Waals surface area (Å²) in [6, 6.07) is 0. The van der Waals surface area contributed by atoms with E-state index in [1.54, 1.807) is 6.08 Å². The van der Waals surface area contributed by atoms with Gasteiger partial charge in [-0.15, -0.1) is 15.7 Å². The number of rotatable bonds is 2. The first-order chi connectivity index (χ1) is 2.77. The lowest BCUT2D eigenvalue weighted by Gasteiger charge is -1.58. The van der Waals surface area contributed by atoms with Gasteiger partial charge in [0, 0.05) is 0 Å². The minimum Gasteiger partial charge on any atom is -0.134 e. The molecule has 0 bridgehead atoms. The third-order valence-electron chi connectivity index (χ3n) is 0.129. The first-order valence-corrected chi connectivity index (χ1v) is 1.77. The predicted molar refractivity (Wildman–Crippen MR) is 24.8 cm³/mol. The smallest absolute Gasteiger partial charge is 0.0549 e. The maximum absolute atomic E-state index is 6.64. The van der Waals surface area contributed by atoms with Crippen molar-refractivity contribution in [1.82, 2.24) is 0 Å².